The van der Waals surface area contributed by atoms with Gasteiger partial charge in [-0.3, -0.25) is 4.68 Å². The van der Waals surface area contributed by atoms with Crippen LogP contribution in [0.2, 0.25) is 0 Å². The molecule has 0 bridgehead atoms. The fourth-order valence-electron chi connectivity index (χ4n) is 2.47. The van der Waals surface area contributed by atoms with Gasteiger partial charge in [0.25, 0.3) is 0 Å². The van der Waals surface area contributed by atoms with Crippen LogP contribution in [-0.2, 0) is 17.7 Å². The molecular formula is C13H23N3O. The van der Waals surface area contributed by atoms with Crippen molar-refractivity contribution in [3.05, 3.63) is 17.5 Å². The molecule has 1 aliphatic rings. The van der Waals surface area contributed by atoms with E-state index in [1.54, 1.807) is 0 Å². The highest BCUT2D eigenvalue weighted by molar-refractivity contribution is 5.15. The molecule has 4 heteroatoms. The van der Waals surface area contributed by atoms with Gasteiger partial charge in [0.15, 0.2) is 0 Å². The molecule has 4 nitrogen and oxygen atoms in total. The molecule has 2 atom stereocenters. The second-order valence-electron chi connectivity index (χ2n) is 4.73. The lowest BCUT2D eigenvalue weighted by atomic mass is 9.92. The van der Waals surface area contributed by atoms with Crippen molar-refractivity contribution in [1.29, 1.82) is 0 Å². The van der Waals surface area contributed by atoms with Crippen LogP contribution in [0.5, 0.6) is 0 Å². The lowest BCUT2D eigenvalue weighted by molar-refractivity contribution is 0.0436. The van der Waals surface area contributed by atoms with Gasteiger partial charge in [-0.2, -0.15) is 5.10 Å². The molecule has 2 rings (SSSR count). The Kier molecular flexibility index (Phi) is 4.18. The summed E-state index contributed by atoms with van der Waals surface area (Å²) in [5, 5.41) is 4.56. The summed E-state index contributed by atoms with van der Waals surface area (Å²) in [5.41, 5.74) is 8.67. The van der Waals surface area contributed by atoms with Crippen molar-refractivity contribution in [2.75, 3.05) is 13.2 Å². The summed E-state index contributed by atoms with van der Waals surface area (Å²) < 4.78 is 7.56. The molecule has 1 saturated heterocycles. The molecule has 0 aliphatic carbocycles. The minimum atomic E-state index is 0.0584. The Labute approximate surface area is 103 Å². The van der Waals surface area contributed by atoms with Crippen molar-refractivity contribution in [2.24, 2.45) is 11.7 Å². The van der Waals surface area contributed by atoms with Gasteiger partial charge in [-0.25, -0.2) is 0 Å². The molecule has 2 N–H and O–H groups in total. The summed E-state index contributed by atoms with van der Waals surface area (Å²) in [7, 11) is 0. The highest BCUT2D eigenvalue weighted by Crippen LogP contribution is 2.27. The van der Waals surface area contributed by atoms with E-state index in [1.165, 1.54) is 5.69 Å². The summed E-state index contributed by atoms with van der Waals surface area (Å²) in [6.45, 7) is 6.80. The number of ether oxygens (including phenoxy) is 1. The van der Waals surface area contributed by atoms with Gasteiger partial charge in [0.1, 0.15) is 0 Å². The topological polar surface area (TPSA) is 53.1 Å². The number of aryl methyl sites for hydroxylation is 2. The van der Waals surface area contributed by atoms with Crippen LogP contribution in [0, 0.1) is 5.92 Å². The van der Waals surface area contributed by atoms with E-state index in [-0.39, 0.29) is 6.04 Å². The van der Waals surface area contributed by atoms with E-state index in [1.807, 2.05) is 4.68 Å². The number of hydrogen-bond donors (Lipinski definition) is 1. The highest BCUT2D eigenvalue weighted by atomic mass is 16.5. The van der Waals surface area contributed by atoms with Crippen LogP contribution >= 0.6 is 0 Å². The Hall–Kier alpha value is -0.870. The van der Waals surface area contributed by atoms with E-state index >= 15 is 0 Å². The van der Waals surface area contributed by atoms with E-state index in [2.05, 4.69) is 25.0 Å². The summed E-state index contributed by atoms with van der Waals surface area (Å²) >= 11 is 0. The van der Waals surface area contributed by atoms with Gasteiger partial charge in [0, 0.05) is 19.1 Å². The number of nitrogens with two attached hydrogens (primary N) is 1. The summed E-state index contributed by atoms with van der Waals surface area (Å²) in [5.74, 6) is 0.440. The molecule has 0 saturated carbocycles. The zero-order valence-electron chi connectivity index (χ0n) is 10.9. The van der Waals surface area contributed by atoms with Crippen molar-refractivity contribution < 1.29 is 4.74 Å². The standard InChI is InChI=1S/C13H23N3O/c1-3-11-8-12(16(4-2)15-11)13(14)10-6-5-7-17-9-10/h8,10,13H,3-7,9,14H2,1-2H3. The number of rotatable bonds is 4. The van der Waals surface area contributed by atoms with Crippen molar-refractivity contribution in [1.82, 2.24) is 9.78 Å². The normalized spacial score (nSPS) is 22.6. The Bertz CT molecular complexity index is 356. The molecule has 2 unspecified atom stereocenters. The smallest absolute Gasteiger partial charge is 0.0625 e. The summed E-state index contributed by atoms with van der Waals surface area (Å²) in [6, 6.07) is 2.21. The van der Waals surface area contributed by atoms with Crippen molar-refractivity contribution in [3.8, 4) is 0 Å². The molecule has 0 aromatic carbocycles. The van der Waals surface area contributed by atoms with Gasteiger partial charge in [0.05, 0.1) is 24.0 Å². The van der Waals surface area contributed by atoms with Crippen LogP contribution in [-0.4, -0.2) is 23.0 Å². The monoisotopic (exact) mass is 237 g/mol. The molecule has 2 heterocycles. The second-order valence-corrected chi connectivity index (χ2v) is 4.73. The zero-order valence-corrected chi connectivity index (χ0v) is 10.9. The third-order valence-electron chi connectivity index (χ3n) is 3.57. The van der Waals surface area contributed by atoms with E-state index in [9.17, 15) is 0 Å². The molecule has 1 fully saturated rings. The fourth-order valence-corrected chi connectivity index (χ4v) is 2.47. The molecule has 0 amide bonds. The van der Waals surface area contributed by atoms with Crippen molar-refractivity contribution in [3.63, 3.8) is 0 Å². The molecular weight excluding hydrogens is 214 g/mol. The van der Waals surface area contributed by atoms with Crippen LogP contribution in [0.25, 0.3) is 0 Å². The Morgan fingerprint density at radius 2 is 2.41 bits per heavy atom. The van der Waals surface area contributed by atoms with Gasteiger partial charge in [-0.15, -0.1) is 0 Å². The lowest BCUT2D eigenvalue weighted by Crippen LogP contribution is -2.30. The van der Waals surface area contributed by atoms with Crippen molar-refractivity contribution in [2.45, 2.75) is 45.7 Å². The Morgan fingerprint density at radius 1 is 1.59 bits per heavy atom. The third-order valence-corrected chi connectivity index (χ3v) is 3.57. The Morgan fingerprint density at radius 3 is 3.00 bits per heavy atom. The van der Waals surface area contributed by atoms with Gasteiger partial charge >= 0.3 is 0 Å². The first-order valence-corrected chi connectivity index (χ1v) is 6.66. The molecule has 1 aliphatic heterocycles. The average Bonchev–Trinajstić information content (AvgIpc) is 2.82. The predicted molar refractivity (Wildman–Crippen MR) is 67.8 cm³/mol. The minimum absolute atomic E-state index is 0.0584. The van der Waals surface area contributed by atoms with Crippen LogP contribution < -0.4 is 5.73 Å². The first-order chi connectivity index (χ1) is 8.26. The van der Waals surface area contributed by atoms with E-state index in [4.69, 9.17) is 10.5 Å². The zero-order chi connectivity index (χ0) is 12.3. The van der Waals surface area contributed by atoms with Crippen LogP contribution in [0.1, 0.15) is 44.1 Å². The van der Waals surface area contributed by atoms with E-state index in [0.29, 0.717) is 5.92 Å². The summed E-state index contributed by atoms with van der Waals surface area (Å²) in [6.07, 6.45) is 3.25. The first-order valence-electron chi connectivity index (χ1n) is 6.66. The molecule has 17 heavy (non-hydrogen) atoms. The van der Waals surface area contributed by atoms with Gasteiger partial charge < -0.3 is 10.5 Å². The average molecular weight is 237 g/mol. The number of aromatic nitrogens is 2. The maximum absolute atomic E-state index is 6.37. The number of nitrogens with zero attached hydrogens (tertiary/aromatic N) is 2. The van der Waals surface area contributed by atoms with Gasteiger partial charge in [-0.1, -0.05) is 6.92 Å². The SMILES string of the molecule is CCc1cc(C(N)C2CCCOC2)n(CC)n1. The van der Waals surface area contributed by atoms with E-state index in [0.717, 1.165) is 44.7 Å². The first kappa shape index (κ1) is 12.6. The number of hydrogen-bond acceptors (Lipinski definition) is 3. The van der Waals surface area contributed by atoms with Gasteiger partial charge in [-0.05, 0) is 32.3 Å². The van der Waals surface area contributed by atoms with E-state index < -0.39 is 0 Å². The summed E-state index contributed by atoms with van der Waals surface area (Å²) in [4.78, 5) is 0. The molecule has 0 spiro atoms. The van der Waals surface area contributed by atoms with Crippen LogP contribution in [0.15, 0.2) is 6.07 Å². The maximum atomic E-state index is 6.37. The molecule has 1 aromatic rings. The van der Waals surface area contributed by atoms with Gasteiger partial charge in [0.2, 0.25) is 0 Å². The second kappa shape index (κ2) is 5.65. The minimum Gasteiger partial charge on any atom is -0.381 e. The third kappa shape index (κ3) is 2.69. The maximum Gasteiger partial charge on any atom is 0.0625 e. The predicted octanol–water partition coefficient (Wildman–Crippen LogP) is 1.89. The Balaban J connectivity index is 2.16. The largest absolute Gasteiger partial charge is 0.381 e. The van der Waals surface area contributed by atoms with Crippen LogP contribution in [0.4, 0.5) is 0 Å². The highest BCUT2D eigenvalue weighted by Gasteiger charge is 2.25. The molecule has 0 radical (unpaired) electrons. The molecule has 1 aromatic heterocycles. The molecule has 96 valence electrons. The van der Waals surface area contributed by atoms with Crippen LogP contribution in [0.3, 0.4) is 0 Å². The lowest BCUT2D eigenvalue weighted by Gasteiger charge is -2.27. The quantitative estimate of drug-likeness (QED) is 0.870. The van der Waals surface area contributed by atoms with Crippen molar-refractivity contribution >= 4 is 0 Å². The fraction of sp³-hybridized carbons (Fsp3) is 0.769.